The fraction of sp³-hybridized carbons (Fsp3) is 0.429. The van der Waals surface area contributed by atoms with Gasteiger partial charge in [-0.1, -0.05) is 18.9 Å². The second-order valence-corrected chi connectivity index (χ2v) is 9.37. The zero-order valence-corrected chi connectivity index (χ0v) is 16.8. The van der Waals surface area contributed by atoms with E-state index in [4.69, 9.17) is 18.9 Å². The van der Waals surface area contributed by atoms with Gasteiger partial charge < -0.3 is 18.9 Å². The minimum atomic E-state index is -3.70. The molecule has 0 atom stereocenters. The van der Waals surface area contributed by atoms with Crippen LogP contribution in [0.3, 0.4) is 0 Å². The molecular formula is C21H23NO6S. The smallest absolute Gasteiger partial charge is 0.243 e. The van der Waals surface area contributed by atoms with Gasteiger partial charge in [-0.3, -0.25) is 0 Å². The van der Waals surface area contributed by atoms with Gasteiger partial charge in [0.2, 0.25) is 16.8 Å². The monoisotopic (exact) mass is 417 g/mol. The molecule has 0 saturated heterocycles. The predicted molar refractivity (Wildman–Crippen MR) is 105 cm³/mol. The number of rotatable bonds is 5. The summed E-state index contributed by atoms with van der Waals surface area (Å²) in [5.74, 6) is 2.41. The molecule has 0 bridgehead atoms. The highest BCUT2D eigenvalue weighted by Crippen LogP contribution is 2.37. The second-order valence-electron chi connectivity index (χ2n) is 7.48. The van der Waals surface area contributed by atoms with E-state index in [2.05, 4.69) is 0 Å². The predicted octanol–water partition coefficient (Wildman–Crippen LogP) is 3.32. The third kappa shape index (κ3) is 3.51. The van der Waals surface area contributed by atoms with E-state index in [-0.39, 0.29) is 24.3 Å². The first-order valence-corrected chi connectivity index (χ1v) is 11.4. The van der Waals surface area contributed by atoms with Crippen LogP contribution in [0.5, 0.6) is 23.0 Å². The molecule has 1 saturated carbocycles. The molecule has 0 spiro atoms. The van der Waals surface area contributed by atoms with Gasteiger partial charge in [0.05, 0.1) is 4.90 Å². The highest BCUT2D eigenvalue weighted by molar-refractivity contribution is 7.89. The van der Waals surface area contributed by atoms with Crippen LogP contribution in [0.15, 0.2) is 41.3 Å². The van der Waals surface area contributed by atoms with Crippen LogP contribution in [-0.4, -0.2) is 38.8 Å². The lowest BCUT2D eigenvalue weighted by molar-refractivity contribution is 0.171. The van der Waals surface area contributed by atoms with Gasteiger partial charge in [-0.15, -0.1) is 0 Å². The maximum Gasteiger partial charge on any atom is 0.243 e. The minimum Gasteiger partial charge on any atom is -0.486 e. The first kappa shape index (κ1) is 18.6. The molecule has 5 rings (SSSR count). The summed E-state index contributed by atoms with van der Waals surface area (Å²) in [5.41, 5.74) is 0.877. The van der Waals surface area contributed by atoms with Crippen LogP contribution in [0, 0.1) is 0 Å². The van der Waals surface area contributed by atoms with E-state index >= 15 is 0 Å². The maximum atomic E-state index is 13.6. The molecule has 3 aliphatic rings. The quantitative estimate of drug-likeness (QED) is 0.743. The summed E-state index contributed by atoms with van der Waals surface area (Å²) >= 11 is 0. The first-order valence-electron chi connectivity index (χ1n) is 9.91. The lowest BCUT2D eigenvalue weighted by Gasteiger charge is -2.29. The molecule has 0 unspecified atom stereocenters. The Labute approximate surface area is 170 Å². The second kappa shape index (κ2) is 7.42. The Balaban J connectivity index is 1.48. The number of benzene rings is 2. The van der Waals surface area contributed by atoms with Crippen LogP contribution >= 0.6 is 0 Å². The van der Waals surface area contributed by atoms with Crippen LogP contribution in [-0.2, 0) is 16.6 Å². The Morgan fingerprint density at radius 3 is 2.31 bits per heavy atom. The molecule has 2 aromatic rings. The molecule has 1 aliphatic carbocycles. The molecule has 7 nitrogen and oxygen atoms in total. The van der Waals surface area contributed by atoms with Crippen LogP contribution in [0.25, 0.3) is 0 Å². The number of hydrogen-bond donors (Lipinski definition) is 0. The van der Waals surface area contributed by atoms with E-state index < -0.39 is 10.0 Å². The summed E-state index contributed by atoms with van der Waals surface area (Å²) in [6.45, 7) is 1.37. The third-order valence-corrected chi connectivity index (χ3v) is 7.52. The van der Waals surface area contributed by atoms with Crippen molar-refractivity contribution in [1.29, 1.82) is 0 Å². The van der Waals surface area contributed by atoms with Crippen LogP contribution in [0.1, 0.15) is 31.2 Å². The Kier molecular flexibility index (Phi) is 4.75. The summed E-state index contributed by atoms with van der Waals surface area (Å²) < 4.78 is 50.8. The van der Waals surface area contributed by atoms with Crippen molar-refractivity contribution in [3.63, 3.8) is 0 Å². The lowest BCUT2D eigenvalue weighted by atomic mass is 10.1. The number of hydrogen-bond acceptors (Lipinski definition) is 6. The van der Waals surface area contributed by atoms with E-state index in [9.17, 15) is 8.42 Å². The van der Waals surface area contributed by atoms with Crippen molar-refractivity contribution in [3.05, 3.63) is 42.0 Å². The van der Waals surface area contributed by atoms with Crippen molar-refractivity contribution >= 4 is 10.0 Å². The SMILES string of the molecule is O=S(=O)(c1ccc2c(c1)OCCO2)N(Cc1ccc2c(c1)OCO2)C1CCCC1. The van der Waals surface area contributed by atoms with E-state index in [1.165, 1.54) is 0 Å². The molecule has 8 heteroatoms. The molecule has 154 valence electrons. The molecule has 29 heavy (non-hydrogen) atoms. The van der Waals surface area contributed by atoms with Crippen LogP contribution < -0.4 is 18.9 Å². The van der Waals surface area contributed by atoms with Gasteiger partial charge in [0, 0.05) is 18.7 Å². The van der Waals surface area contributed by atoms with E-state index in [0.29, 0.717) is 36.2 Å². The van der Waals surface area contributed by atoms with Gasteiger partial charge in [0.15, 0.2) is 23.0 Å². The highest BCUT2D eigenvalue weighted by Gasteiger charge is 2.34. The zero-order valence-electron chi connectivity index (χ0n) is 16.0. The molecule has 0 amide bonds. The largest absolute Gasteiger partial charge is 0.486 e. The van der Waals surface area contributed by atoms with Gasteiger partial charge in [-0.05, 0) is 42.7 Å². The van der Waals surface area contributed by atoms with Gasteiger partial charge in [0.25, 0.3) is 0 Å². The van der Waals surface area contributed by atoms with Crippen molar-refractivity contribution in [2.24, 2.45) is 0 Å². The van der Waals surface area contributed by atoms with Crippen LogP contribution in [0.4, 0.5) is 0 Å². The topological polar surface area (TPSA) is 74.3 Å². The summed E-state index contributed by atoms with van der Waals surface area (Å²) in [5, 5.41) is 0. The molecule has 2 aliphatic heterocycles. The number of nitrogens with zero attached hydrogens (tertiary/aromatic N) is 1. The average Bonchev–Trinajstić information content (AvgIpc) is 3.43. The summed E-state index contributed by atoms with van der Waals surface area (Å²) in [6.07, 6.45) is 3.82. The normalized spacial score (nSPS) is 18.4. The fourth-order valence-corrected chi connectivity index (χ4v) is 5.83. The molecule has 1 fully saturated rings. The fourth-order valence-electron chi connectivity index (χ4n) is 4.14. The Morgan fingerprint density at radius 1 is 0.828 bits per heavy atom. The third-order valence-electron chi connectivity index (χ3n) is 5.63. The van der Waals surface area contributed by atoms with Crippen molar-refractivity contribution in [2.75, 3.05) is 20.0 Å². The Bertz CT molecular complexity index is 1020. The highest BCUT2D eigenvalue weighted by atomic mass is 32.2. The molecule has 2 heterocycles. The van der Waals surface area contributed by atoms with Crippen molar-refractivity contribution in [2.45, 2.75) is 43.2 Å². The number of fused-ring (bicyclic) bond motifs is 2. The first-order chi connectivity index (χ1) is 14.1. The van der Waals surface area contributed by atoms with E-state index in [0.717, 1.165) is 31.2 Å². The summed E-state index contributed by atoms with van der Waals surface area (Å²) in [7, 11) is -3.70. The summed E-state index contributed by atoms with van der Waals surface area (Å²) in [6, 6.07) is 10.4. The molecular weight excluding hydrogens is 394 g/mol. The van der Waals surface area contributed by atoms with E-state index in [1.807, 2.05) is 18.2 Å². The lowest BCUT2D eigenvalue weighted by Crippen LogP contribution is -2.38. The van der Waals surface area contributed by atoms with Crippen molar-refractivity contribution in [1.82, 2.24) is 4.31 Å². The minimum absolute atomic E-state index is 0.0152. The van der Waals surface area contributed by atoms with Crippen molar-refractivity contribution in [3.8, 4) is 23.0 Å². The summed E-state index contributed by atoms with van der Waals surface area (Å²) in [4.78, 5) is 0.231. The van der Waals surface area contributed by atoms with E-state index in [1.54, 1.807) is 22.5 Å². The number of ether oxygens (including phenoxy) is 4. The van der Waals surface area contributed by atoms with Gasteiger partial charge in [-0.25, -0.2) is 8.42 Å². The van der Waals surface area contributed by atoms with Crippen LogP contribution in [0.2, 0.25) is 0 Å². The van der Waals surface area contributed by atoms with Gasteiger partial charge >= 0.3 is 0 Å². The van der Waals surface area contributed by atoms with Gasteiger partial charge in [-0.2, -0.15) is 4.31 Å². The van der Waals surface area contributed by atoms with Crippen molar-refractivity contribution < 1.29 is 27.4 Å². The Morgan fingerprint density at radius 2 is 1.48 bits per heavy atom. The zero-order chi connectivity index (χ0) is 19.8. The van der Waals surface area contributed by atoms with Gasteiger partial charge in [0.1, 0.15) is 13.2 Å². The molecule has 0 aromatic heterocycles. The molecule has 2 aromatic carbocycles. The molecule has 0 N–H and O–H groups in total. The standard InChI is InChI=1S/C21H23NO6S/c23-29(24,17-6-8-18-21(12-17)26-10-9-25-18)22(16-3-1-2-4-16)13-15-5-7-19-20(11-15)28-14-27-19/h5-8,11-12,16H,1-4,9-10,13-14H2. The number of sulfonamides is 1. The average molecular weight is 417 g/mol. The maximum absolute atomic E-state index is 13.6. The molecule has 0 radical (unpaired) electrons. The Hall–Kier alpha value is -2.45.